The number of carboxylic acids is 8. The molecule has 0 saturated carbocycles. The Morgan fingerprint density at radius 3 is 0.508 bits per heavy atom. The summed E-state index contributed by atoms with van der Waals surface area (Å²) in [7, 11) is -19.1. The summed E-state index contributed by atoms with van der Waals surface area (Å²) in [6.07, 6.45) is 0. The van der Waals surface area contributed by atoms with Crippen LogP contribution in [0.5, 0.6) is 0 Å². The fourth-order valence-corrected chi connectivity index (χ4v) is 7.40. The van der Waals surface area contributed by atoms with Gasteiger partial charge in [0.2, 0.25) is 0 Å². The van der Waals surface area contributed by atoms with Crippen LogP contribution in [0.25, 0.3) is 0 Å². The van der Waals surface area contributed by atoms with Gasteiger partial charge in [-0.05, 0) is 48.5 Å². The Morgan fingerprint density at radius 1 is 0.277 bits per heavy atom. The molecule has 4 aromatic rings. The van der Waals surface area contributed by atoms with Crippen LogP contribution in [0.4, 0.5) is 0 Å². The van der Waals surface area contributed by atoms with Crippen LogP contribution >= 0.6 is 0 Å². The largest absolute Gasteiger partial charge is 0.478 e. The molecule has 0 saturated heterocycles. The topological polar surface area (TPSA) is 516 Å². The molecule has 0 amide bonds. The minimum absolute atomic E-state index is 0. The smallest absolute Gasteiger partial charge is 0.338 e. The third-order valence-electron chi connectivity index (χ3n) is 6.99. The zero-order valence-electron chi connectivity index (χ0n) is 31.0. The fraction of sp³-hybridized carbons (Fsp3) is 0. The Balaban J connectivity index is 0.000000836. The van der Waals surface area contributed by atoms with Crippen molar-refractivity contribution in [3.05, 3.63) is 117 Å². The van der Waals surface area contributed by atoms with E-state index in [1.165, 1.54) is 0 Å². The fourth-order valence-electron chi connectivity index (χ4n) is 4.58. The van der Waals surface area contributed by atoms with Crippen molar-refractivity contribution in [2.45, 2.75) is 19.6 Å². The van der Waals surface area contributed by atoms with E-state index < -0.39 is 152 Å². The van der Waals surface area contributed by atoms with Crippen molar-refractivity contribution >= 4 is 88.2 Å². The van der Waals surface area contributed by atoms with E-state index in [2.05, 4.69) is 0 Å². The number of benzene rings is 4. The summed E-state index contributed by atoms with van der Waals surface area (Å²) in [4.78, 5) is 81.9. The van der Waals surface area contributed by atoms with Crippen LogP contribution in [0.1, 0.15) is 82.9 Å². The van der Waals surface area contributed by atoms with Crippen LogP contribution in [-0.4, -0.2) is 140 Å². The van der Waals surface area contributed by atoms with Crippen LogP contribution in [0.2, 0.25) is 0 Å². The van der Waals surface area contributed by atoms with E-state index >= 15 is 0 Å². The quantitative estimate of drug-likeness (QED) is 0.0890. The van der Waals surface area contributed by atoms with Gasteiger partial charge in [-0.1, -0.05) is 24.3 Å². The molecule has 0 fully saturated rings. The Hall–Kier alpha value is -6.84. The predicted molar refractivity (Wildman–Crippen MR) is 201 cm³/mol. The number of hydrogen-bond acceptors (Lipinski definition) is 16. The van der Waals surface area contributed by atoms with E-state index in [1.807, 2.05) is 0 Å². The van der Waals surface area contributed by atoms with Crippen LogP contribution in [0, 0.1) is 0 Å². The molecule has 33 heteroatoms. The molecular formula is C32H24O28S4Zr. The molecule has 0 aromatic heterocycles. The van der Waals surface area contributed by atoms with Crippen molar-refractivity contribution in [1.82, 2.24) is 0 Å². The number of rotatable bonds is 12. The molecule has 0 heterocycles. The molecule has 12 N–H and O–H groups in total. The van der Waals surface area contributed by atoms with E-state index in [1.54, 1.807) is 0 Å². The maximum absolute atomic E-state index is 10.8. The van der Waals surface area contributed by atoms with Gasteiger partial charge in [-0.15, -0.1) is 0 Å². The Labute approximate surface area is 380 Å². The number of hydrogen-bond donors (Lipinski definition) is 12. The maximum Gasteiger partial charge on any atom is 0.338 e. The molecule has 0 atom stereocenters. The second-order valence-electron chi connectivity index (χ2n) is 11.1. The number of carbonyl (C=O) groups is 8. The first-order chi connectivity index (χ1) is 29.0. The molecule has 0 radical (unpaired) electrons. The van der Waals surface area contributed by atoms with E-state index in [9.17, 15) is 72.0 Å². The van der Waals surface area contributed by atoms with E-state index in [0.29, 0.717) is 0 Å². The average Bonchev–Trinajstić information content (AvgIpc) is 3.15. The van der Waals surface area contributed by atoms with Gasteiger partial charge >= 0.3 is 47.8 Å². The summed E-state index contributed by atoms with van der Waals surface area (Å²) in [6, 6.07) is 11.1. The van der Waals surface area contributed by atoms with Crippen molar-refractivity contribution in [2.75, 3.05) is 0 Å². The van der Waals surface area contributed by atoms with E-state index in [0.717, 1.165) is 72.8 Å². The van der Waals surface area contributed by atoms with E-state index in [4.69, 9.17) is 59.1 Å². The molecular weight excluding hydrogens is 1050 g/mol. The molecule has 0 bridgehead atoms. The first-order valence-corrected chi connectivity index (χ1v) is 21.0. The Morgan fingerprint density at radius 2 is 0.415 bits per heavy atom. The standard InChI is InChI=1S/4C8H6O7S.Zr/c4*9-7(10)4-2-1-3-5(16(13,14)15)6(4)8(11)12;/h4*1-3H,(H,9,10)(H,11,12)(H,13,14,15);. The van der Waals surface area contributed by atoms with Crippen LogP contribution in [0.15, 0.2) is 92.4 Å². The Bertz CT molecular complexity index is 2650. The summed E-state index contributed by atoms with van der Waals surface area (Å²) in [5.41, 5.74) is -6.67. The zero-order chi connectivity index (χ0) is 50.0. The molecule has 0 spiro atoms. The van der Waals surface area contributed by atoms with Gasteiger partial charge < -0.3 is 40.9 Å². The molecule has 0 aliphatic rings. The average molecular weight is 1080 g/mol. The molecule has 28 nitrogen and oxygen atoms in total. The van der Waals surface area contributed by atoms with Crippen molar-refractivity contribution < 1.29 is 157 Å². The first kappa shape index (κ1) is 58.2. The number of aromatic carboxylic acids is 8. The van der Waals surface area contributed by atoms with Crippen molar-refractivity contribution in [2.24, 2.45) is 0 Å². The molecule has 4 rings (SSSR count). The Kier molecular flexibility index (Phi) is 20.3. The minimum Gasteiger partial charge on any atom is -0.478 e. The van der Waals surface area contributed by atoms with Gasteiger partial charge in [0.1, 0.15) is 19.6 Å². The molecule has 348 valence electrons. The number of carboxylic acid groups (broad SMARTS) is 8. The van der Waals surface area contributed by atoms with Crippen LogP contribution in [0.3, 0.4) is 0 Å². The predicted octanol–water partition coefficient (Wildman–Crippen LogP) is 1.32. The molecule has 65 heavy (non-hydrogen) atoms. The molecule has 0 aliphatic carbocycles. The van der Waals surface area contributed by atoms with Crippen LogP contribution < -0.4 is 0 Å². The van der Waals surface area contributed by atoms with Crippen molar-refractivity contribution in [3.8, 4) is 0 Å². The summed E-state index contributed by atoms with van der Waals surface area (Å²) >= 11 is 0. The van der Waals surface area contributed by atoms with Crippen LogP contribution in [-0.2, 0) is 66.7 Å². The second-order valence-corrected chi connectivity index (χ2v) is 16.6. The monoisotopic (exact) mass is 1070 g/mol. The molecule has 0 unspecified atom stereocenters. The SMILES string of the molecule is O=C(O)c1cccc(S(=O)(=O)O)c1C(=O)O.O=C(O)c1cccc(S(=O)(=O)O)c1C(=O)O.O=C(O)c1cccc(S(=O)(=O)O)c1C(=O)O.O=C(O)c1cccc(S(=O)(=O)O)c1C(=O)O.[Zr]. The van der Waals surface area contributed by atoms with Gasteiger partial charge in [0.25, 0.3) is 40.5 Å². The normalized spacial score (nSPS) is 10.9. The van der Waals surface area contributed by atoms with Gasteiger partial charge in [-0.2, -0.15) is 33.7 Å². The zero-order valence-corrected chi connectivity index (χ0v) is 36.7. The molecule has 0 aliphatic heterocycles. The van der Waals surface area contributed by atoms with Gasteiger partial charge in [0.05, 0.1) is 44.5 Å². The van der Waals surface area contributed by atoms with Gasteiger partial charge in [0.15, 0.2) is 0 Å². The summed E-state index contributed by atoms with van der Waals surface area (Å²) in [5, 5.41) is 69.5. The first-order valence-electron chi connectivity index (χ1n) is 15.3. The third kappa shape index (κ3) is 15.7. The minimum atomic E-state index is -4.78. The maximum atomic E-state index is 10.8. The summed E-state index contributed by atoms with van der Waals surface area (Å²) in [6.45, 7) is 0. The third-order valence-corrected chi connectivity index (χ3v) is 10.6. The van der Waals surface area contributed by atoms with Crippen molar-refractivity contribution in [1.29, 1.82) is 0 Å². The summed E-state index contributed by atoms with van der Waals surface area (Å²) < 4.78 is 122. The van der Waals surface area contributed by atoms with Crippen molar-refractivity contribution in [3.63, 3.8) is 0 Å². The van der Waals surface area contributed by atoms with Gasteiger partial charge in [0, 0.05) is 26.2 Å². The van der Waals surface area contributed by atoms with Gasteiger partial charge in [-0.3, -0.25) is 18.2 Å². The molecule has 4 aromatic carbocycles. The second kappa shape index (κ2) is 22.7. The van der Waals surface area contributed by atoms with E-state index in [-0.39, 0.29) is 26.2 Å². The summed E-state index contributed by atoms with van der Waals surface area (Å²) in [5.74, 6) is -13.4. The van der Waals surface area contributed by atoms with Gasteiger partial charge in [-0.25, -0.2) is 38.4 Å².